The number of nitrogens with zero attached hydrogens (tertiary/aromatic N) is 1. The summed E-state index contributed by atoms with van der Waals surface area (Å²) in [6.45, 7) is 4.19. The summed E-state index contributed by atoms with van der Waals surface area (Å²) in [5.74, 6) is 0.937. The molecule has 0 amide bonds. The molecule has 0 spiro atoms. The predicted molar refractivity (Wildman–Crippen MR) is 71.5 cm³/mol. The smallest absolute Gasteiger partial charge is 0.196 e. The molecule has 0 aliphatic carbocycles. The molecule has 0 atom stereocenters. The number of rotatable bonds is 4. The minimum absolute atomic E-state index is 0.936. The van der Waals surface area contributed by atoms with Crippen LogP contribution >= 0.6 is 11.3 Å². The Labute approximate surface area is 101 Å². The van der Waals surface area contributed by atoms with E-state index >= 15 is 0 Å². The van der Waals surface area contributed by atoms with Gasteiger partial charge in [-0.05, 0) is 36.3 Å². The number of nitrogens with one attached hydrogen (secondary N) is 2. The van der Waals surface area contributed by atoms with Gasteiger partial charge in [-0.3, -0.25) is 4.99 Å². The molecule has 4 heteroatoms. The van der Waals surface area contributed by atoms with Gasteiger partial charge in [-0.15, -0.1) is 11.3 Å². The second-order valence-electron chi connectivity index (χ2n) is 4.01. The van der Waals surface area contributed by atoms with Crippen molar-refractivity contribution in [3.63, 3.8) is 0 Å². The van der Waals surface area contributed by atoms with Gasteiger partial charge >= 0.3 is 0 Å². The summed E-state index contributed by atoms with van der Waals surface area (Å²) in [6.07, 6.45) is 4.80. The highest BCUT2D eigenvalue weighted by Gasteiger charge is 2.08. The lowest BCUT2D eigenvalue weighted by molar-refractivity contribution is 0.740. The van der Waals surface area contributed by atoms with E-state index in [-0.39, 0.29) is 0 Å². The number of anilines is 1. The highest BCUT2D eigenvalue weighted by atomic mass is 32.1. The van der Waals surface area contributed by atoms with Crippen LogP contribution in [0.1, 0.15) is 31.7 Å². The first-order chi connectivity index (χ1) is 7.90. The summed E-state index contributed by atoms with van der Waals surface area (Å²) in [5, 5.41) is 10.1. The Morgan fingerprint density at radius 3 is 3.25 bits per heavy atom. The van der Waals surface area contributed by atoms with E-state index < -0.39 is 0 Å². The summed E-state index contributed by atoms with van der Waals surface area (Å²) >= 11 is 1.76. The molecule has 16 heavy (non-hydrogen) atoms. The van der Waals surface area contributed by atoms with Crippen molar-refractivity contribution < 1.29 is 0 Å². The van der Waals surface area contributed by atoms with Gasteiger partial charge in [0.25, 0.3) is 0 Å². The van der Waals surface area contributed by atoms with Crippen LogP contribution in [0.4, 0.5) is 5.00 Å². The lowest BCUT2D eigenvalue weighted by Crippen LogP contribution is -2.35. The molecule has 1 aromatic heterocycles. The van der Waals surface area contributed by atoms with Crippen LogP contribution in [0.15, 0.2) is 16.4 Å². The first-order valence-corrected chi connectivity index (χ1v) is 6.90. The van der Waals surface area contributed by atoms with Crippen molar-refractivity contribution in [2.75, 3.05) is 18.4 Å². The second kappa shape index (κ2) is 5.89. The topological polar surface area (TPSA) is 36.4 Å². The first-order valence-electron chi connectivity index (χ1n) is 6.02. The van der Waals surface area contributed by atoms with Crippen molar-refractivity contribution in [3.05, 3.63) is 17.0 Å². The van der Waals surface area contributed by atoms with Gasteiger partial charge in [0, 0.05) is 13.1 Å². The molecule has 0 fully saturated rings. The van der Waals surface area contributed by atoms with Crippen molar-refractivity contribution in [1.29, 1.82) is 0 Å². The van der Waals surface area contributed by atoms with E-state index in [2.05, 4.69) is 34.0 Å². The summed E-state index contributed by atoms with van der Waals surface area (Å²) in [5.41, 5.74) is 1.42. The van der Waals surface area contributed by atoms with Gasteiger partial charge < -0.3 is 10.6 Å². The van der Waals surface area contributed by atoms with Crippen LogP contribution in [0.5, 0.6) is 0 Å². The van der Waals surface area contributed by atoms with E-state index in [0.29, 0.717) is 0 Å². The Hall–Kier alpha value is -1.03. The molecule has 0 saturated carbocycles. The monoisotopic (exact) mass is 237 g/mol. The normalized spacial score (nSPS) is 15.4. The summed E-state index contributed by atoms with van der Waals surface area (Å²) in [7, 11) is 0. The molecular weight excluding hydrogens is 218 g/mol. The third-order valence-corrected chi connectivity index (χ3v) is 3.55. The lowest BCUT2D eigenvalue weighted by atomic mass is 10.1. The molecule has 1 aliphatic rings. The summed E-state index contributed by atoms with van der Waals surface area (Å²) < 4.78 is 0. The maximum absolute atomic E-state index is 4.43. The van der Waals surface area contributed by atoms with Gasteiger partial charge in [-0.2, -0.15) is 0 Å². The third kappa shape index (κ3) is 2.98. The third-order valence-electron chi connectivity index (χ3n) is 2.68. The van der Waals surface area contributed by atoms with E-state index in [9.17, 15) is 0 Å². The Balaban J connectivity index is 1.97. The molecule has 0 unspecified atom stereocenters. The molecule has 1 aromatic rings. The lowest BCUT2D eigenvalue weighted by Gasteiger charge is -2.16. The van der Waals surface area contributed by atoms with Crippen molar-refractivity contribution in [1.82, 2.24) is 5.32 Å². The second-order valence-corrected chi connectivity index (χ2v) is 4.93. The standard InChI is InChI=1S/C12H19N3S/c1-2-3-5-10-6-9-16-11(10)15-12-13-7-4-8-14-12/h6,9H,2-5,7-8H2,1H3,(H2,13,14,15). The van der Waals surface area contributed by atoms with Crippen LogP contribution in [0.3, 0.4) is 0 Å². The molecule has 2 heterocycles. The van der Waals surface area contributed by atoms with E-state index in [1.165, 1.54) is 23.4 Å². The molecule has 88 valence electrons. The highest BCUT2D eigenvalue weighted by Crippen LogP contribution is 2.24. The molecule has 0 radical (unpaired) electrons. The van der Waals surface area contributed by atoms with Crippen LogP contribution in [0.2, 0.25) is 0 Å². The SMILES string of the molecule is CCCCc1ccsc1NC1=NCCCN1. The highest BCUT2D eigenvalue weighted by molar-refractivity contribution is 7.14. The van der Waals surface area contributed by atoms with E-state index in [0.717, 1.165) is 31.9 Å². The number of guanidine groups is 1. The van der Waals surface area contributed by atoms with E-state index in [1.54, 1.807) is 11.3 Å². The molecule has 1 aliphatic heterocycles. The Kier molecular flexibility index (Phi) is 4.22. The van der Waals surface area contributed by atoms with Gasteiger partial charge in [0.05, 0.1) is 5.00 Å². The molecule has 3 nitrogen and oxygen atoms in total. The average Bonchev–Trinajstić information content (AvgIpc) is 2.75. The largest absolute Gasteiger partial charge is 0.356 e. The molecule has 0 saturated heterocycles. The Morgan fingerprint density at radius 2 is 2.50 bits per heavy atom. The Morgan fingerprint density at radius 1 is 1.56 bits per heavy atom. The summed E-state index contributed by atoms with van der Waals surface area (Å²) in [4.78, 5) is 4.43. The zero-order valence-corrected chi connectivity index (χ0v) is 10.6. The van der Waals surface area contributed by atoms with Gasteiger partial charge in [0.1, 0.15) is 0 Å². The fourth-order valence-electron chi connectivity index (χ4n) is 1.73. The van der Waals surface area contributed by atoms with Crippen molar-refractivity contribution in [3.8, 4) is 0 Å². The van der Waals surface area contributed by atoms with Crippen LogP contribution in [-0.4, -0.2) is 19.0 Å². The van der Waals surface area contributed by atoms with Gasteiger partial charge in [-0.1, -0.05) is 13.3 Å². The average molecular weight is 237 g/mol. The predicted octanol–water partition coefficient (Wildman–Crippen LogP) is 2.85. The fraction of sp³-hybridized carbons (Fsp3) is 0.583. The number of hydrogen-bond donors (Lipinski definition) is 2. The van der Waals surface area contributed by atoms with Crippen molar-refractivity contribution in [2.24, 2.45) is 4.99 Å². The number of unbranched alkanes of at least 4 members (excludes halogenated alkanes) is 1. The number of aryl methyl sites for hydroxylation is 1. The van der Waals surface area contributed by atoms with Crippen molar-refractivity contribution in [2.45, 2.75) is 32.6 Å². The molecule has 0 aromatic carbocycles. The van der Waals surface area contributed by atoms with E-state index in [1.807, 2.05) is 0 Å². The first kappa shape index (κ1) is 11.5. The zero-order valence-electron chi connectivity index (χ0n) is 9.75. The number of aliphatic imine (C=N–C) groups is 1. The molecule has 0 bridgehead atoms. The minimum atomic E-state index is 0.936. The van der Waals surface area contributed by atoms with Crippen LogP contribution in [0.25, 0.3) is 0 Å². The van der Waals surface area contributed by atoms with Crippen LogP contribution in [-0.2, 0) is 6.42 Å². The van der Waals surface area contributed by atoms with Gasteiger partial charge in [0.15, 0.2) is 5.96 Å². The Bertz CT molecular complexity index is 357. The zero-order chi connectivity index (χ0) is 11.2. The van der Waals surface area contributed by atoms with Crippen LogP contribution < -0.4 is 10.6 Å². The van der Waals surface area contributed by atoms with Gasteiger partial charge in [0.2, 0.25) is 0 Å². The maximum atomic E-state index is 4.43. The molecule has 2 rings (SSSR count). The van der Waals surface area contributed by atoms with Crippen molar-refractivity contribution >= 4 is 22.3 Å². The number of thiophene rings is 1. The van der Waals surface area contributed by atoms with E-state index in [4.69, 9.17) is 0 Å². The van der Waals surface area contributed by atoms with Gasteiger partial charge in [-0.25, -0.2) is 0 Å². The molecule has 2 N–H and O–H groups in total. The minimum Gasteiger partial charge on any atom is -0.356 e. The fourth-order valence-corrected chi connectivity index (χ4v) is 2.58. The summed E-state index contributed by atoms with van der Waals surface area (Å²) in [6, 6.07) is 2.21. The van der Waals surface area contributed by atoms with Crippen LogP contribution in [0, 0.1) is 0 Å². The molecular formula is C12H19N3S. The maximum Gasteiger partial charge on any atom is 0.196 e. The quantitative estimate of drug-likeness (QED) is 0.845. The number of hydrogen-bond acceptors (Lipinski definition) is 4.